The molecule has 0 spiro atoms. The zero-order valence-corrected chi connectivity index (χ0v) is 10.6. The van der Waals surface area contributed by atoms with Gasteiger partial charge >= 0.3 is 5.97 Å². The highest BCUT2D eigenvalue weighted by molar-refractivity contribution is 7.98. The summed E-state index contributed by atoms with van der Waals surface area (Å²) in [6.45, 7) is 0. The fourth-order valence-electron chi connectivity index (χ4n) is 1.34. The monoisotopic (exact) mass is 271 g/mol. The van der Waals surface area contributed by atoms with Gasteiger partial charge in [-0.1, -0.05) is 11.8 Å². The molecule has 0 aliphatic heterocycles. The minimum absolute atomic E-state index is 0.165. The van der Waals surface area contributed by atoms with Crippen LogP contribution in [-0.2, 0) is 5.75 Å². The number of carboxylic acid groups (broad SMARTS) is 1. The van der Waals surface area contributed by atoms with E-state index in [1.165, 1.54) is 24.0 Å². The van der Waals surface area contributed by atoms with Gasteiger partial charge in [0.15, 0.2) is 0 Å². The first-order valence-corrected chi connectivity index (χ1v) is 6.35. The van der Waals surface area contributed by atoms with Crippen molar-refractivity contribution in [3.05, 3.63) is 53.5 Å². The smallest absolute Gasteiger partial charge is 0.337 e. The molecule has 2 heterocycles. The second-order valence-electron chi connectivity index (χ2n) is 3.63. The van der Waals surface area contributed by atoms with Crippen LogP contribution in [0.5, 0.6) is 0 Å². The largest absolute Gasteiger partial charge is 0.478 e. The molecule has 0 aliphatic carbocycles. The van der Waals surface area contributed by atoms with Crippen molar-refractivity contribution in [1.29, 1.82) is 5.26 Å². The summed E-state index contributed by atoms with van der Waals surface area (Å²) in [5, 5.41) is 18.3. The van der Waals surface area contributed by atoms with Crippen LogP contribution in [0.2, 0.25) is 0 Å². The molecule has 0 saturated carbocycles. The molecule has 2 aromatic heterocycles. The molecule has 19 heavy (non-hydrogen) atoms. The Balaban J connectivity index is 2.02. The van der Waals surface area contributed by atoms with Crippen molar-refractivity contribution < 1.29 is 9.90 Å². The highest BCUT2D eigenvalue weighted by Crippen LogP contribution is 2.20. The summed E-state index contributed by atoms with van der Waals surface area (Å²) in [4.78, 5) is 18.9. The Morgan fingerprint density at radius 3 is 2.84 bits per heavy atom. The molecule has 6 heteroatoms. The van der Waals surface area contributed by atoms with E-state index in [0.717, 1.165) is 10.7 Å². The zero-order valence-electron chi connectivity index (χ0n) is 9.78. The number of pyridine rings is 2. The van der Waals surface area contributed by atoms with E-state index in [2.05, 4.69) is 16.0 Å². The molecule has 5 nitrogen and oxygen atoms in total. The minimum Gasteiger partial charge on any atom is -0.478 e. The lowest BCUT2D eigenvalue weighted by atomic mass is 10.2. The van der Waals surface area contributed by atoms with Crippen molar-refractivity contribution >= 4 is 17.7 Å². The summed E-state index contributed by atoms with van der Waals surface area (Å²) in [5.74, 6) is -0.419. The molecule has 0 fully saturated rings. The first kappa shape index (κ1) is 13.1. The van der Waals surface area contributed by atoms with Crippen molar-refractivity contribution in [3.63, 3.8) is 0 Å². The molecule has 0 aliphatic rings. The number of rotatable bonds is 4. The van der Waals surface area contributed by atoms with Gasteiger partial charge < -0.3 is 5.11 Å². The molecule has 2 rings (SSSR count). The summed E-state index contributed by atoms with van der Waals surface area (Å²) in [6, 6.07) is 8.59. The number of carboxylic acids is 1. The molecular weight excluding hydrogens is 262 g/mol. The highest BCUT2D eigenvalue weighted by Gasteiger charge is 2.04. The summed E-state index contributed by atoms with van der Waals surface area (Å²) < 4.78 is 0. The Hall–Kier alpha value is -2.39. The normalized spacial score (nSPS) is 9.84. The van der Waals surface area contributed by atoms with E-state index in [9.17, 15) is 4.79 Å². The van der Waals surface area contributed by atoms with Crippen LogP contribution in [0, 0.1) is 11.3 Å². The average molecular weight is 271 g/mol. The maximum Gasteiger partial charge on any atom is 0.337 e. The molecule has 0 atom stereocenters. The van der Waals surface area contributed by atoms with Crippen LogP contribution in [0.3, 0.4) is 0 Å². The molecule has 0 unspecified atom stereocenters. The lowest BCUT2D eigenvalue weighted by molar-refractivity contribution is 0.0696. The average Bonchev–Trinajstić information content (AvgIpc) is 2.46. The zero-order chi connectivity index (χ0) is 13.7. The van der Waals surface area contributed by atoms with Crippen molar-refractivity contribution in [1.82, 2.24) is 9.97 Å². The predicted molar refractivity (Wildman–Crippen MR) is 69.7 cm³/mol. The maximum atomic E-state index is 10.7. The van der Waals surface area contributed by atoms with Crippen molar-refractivity contribution in [2.45, 2.75) is 10.8 Å². The van der Waals surface area contributed by atoms with Crippen molar-refractivity contribution in [3.8, 4) is 6.07 Å². The number of carbonyl (C=O) groups is 1. The van der Waals surface area contributed by atoms with Crippen LogP contribution in [-0.4, -0.2) is 21.0 Å². The minimum atomic E-state index is -0.991. The number of hydrogen-bond acceptors (Lipinski definition) is 5. The summed E-state index contributed by atoms with van der Waals surface area (Å²) in [5.41, 5.74) is 1.49. The number of nitriles is 1. The number of thioether (sulfide) groups is 1. The number of aromatic nitrogens is 2. The van der Waals surface area contributed by atoms with Crippen LogP contribution in [0.15, 0.2) is 41.7 Å². The van der Waals surface area contributed by atoms with E-state index in [1.807, 2.05) is 0 Å². The van der Waals surface area contributed by atoms with Gasteiger partial charge in [0.25, 0.3) is 0 Å². The van der Waals surface area contributed by atoms with Gasteiger partial charge in [-0.05, 0) is 24.3 Å². The van der Waals surface area contributed by atoms with E-state index < -0.39 is 5.97 Å². The Morgan fingerprint density at radius 2 is 2.21 bits per heavy atom. The third-order valence-corrected chi connectivity index (χ3v) is 3.26. The molecule has 94 valence electrons. The lowest BCUT2D eigenvalue weighted by Crippen LogP contribution is -1.98. The van der Waals surface area contributed by atoms with E-state index in [1.54, 1.807) is 24.4 Å². The van der Waals surface area contributed by atoms with Gasteiger partial charge in [-0.25, -0.2) is 9.78 Å². The van der Waals surface area contributed by atoms with Gasteiger partial charge in [-0.2, -0.15) is 5.26 Å². The van der Waals surface area contributed by atoms with Crippen LogP contribution >= 0.6 is 11.8 Å². The summed E-state index contributed by atoms with van der Waals surface area (Å²) in [7, 11) is 0. The number of hydrogen-bond donors (Lipinski definition) is 1. The van der Waals surface area contributed by atoms with Crippen LogP contribution in [0.25, 0.3) is 0 Å². The van der Waals surface area contributed by atoms with Crippen LogP contribution in [0.4, 0.5) is 0 Å². The fourth-order valence-corrected chi connectivity index (χ4v) is 2.15. The first-order valence-electron chi connectivity index (χ1n) is 5.36. The van der Waals surface area contributed by atoms with Gasteiger partial charge in [0.05, 0.1) is 27.9 Å². The topological polar surface area (TPSA) is 86.9 Å². The van der Waals surface area contributed by atoms with Gasteiger partial charge in [0, 0.05) is 18.1 Å². The molecule has 0 bridgehead atoms. The standard InChI is InChI=1S/C13H9N3O2S/c14-6-9-3-4-15-12(5-9)19-8-11-2-1-10(7-16-11)13(17)18/h1-5,7H,8H2,(H,17,18). The van der Waals surface area contributed by atoms with Crippen LogP contribution < -0.4 is 0 Å². The predicted octanol–water partition coefficient (Wildman–Crippen LogP) is 2.34. The highest BCUT2D eigenvalue weighted by atomic mass is 32.2. The molecule has 1 N–H and O–H groups in total. The Kier molecular flexibility index (Phi) is 4.11. The maximum absolute atomic E-state index is 10.7. The molecule has 0 radical (unpaired) electrons. The van der Waals surface area contributed by atoms with Crippen molar-refractivity contribution in [2.75, 3.05) is 0 Å². The Bertz CT molecular complexity index is 635. The number of nitrogens with zero attached hydrogens (tertiary/aromatic N) is 3. The SMILES string of the molecule is N#Cc1ccnc(SCc2ccc(C(=O)O)cn2)c1. The molecule has 0 aromatic carbocycles. The van der Waals surface area contributed by atoms with E-state index in [4.69, 9.17) is 10.4 Å². The van der Waals surface area contributed by atoms with E-state index >= 15 is 0 Å². The third kappa shape index (κ3) is 3.53. The van der Waals surface area contributed by atoms with Gasteiger partial charge in [-0.15, -0.1) is 0 Å². The third-order valence-electron chi connectivity index (χ3n) is 2.30. The second-order valence-corrected chi connectivity index (χ2v) is 4.62. The number of aromatic carboxylic acids is 1. The summed E-state index contributed by atoms with van der Waals surface area (Å²) in [6.07, 6.45) is 2.92. The van der Waals surface area contributed by atoms with Gasteiger partial charge in [0.2, 0.25) is 0 Å². The molecular formula is C13H9N3O2S. The van der Waals surface area contributed by atoms with Gasteiger partial charge in [0.1, 0.15) is 0 Å². The van der Waals surface area contributed by atoms with E-state index in [0.29, 0.717) is 11.3 Å². The second kappa shape index (κ2) is 5.98. The molecule has 0 amide bonds. The Morgan fingerprint density at radius 1 is 1.37 bits per heavy atom. The molecule has 2 aromatic rings. The quantitative estimate of drug-likeness (QED) is 0.859. The first-order chi connectivity index (χ1) is 9.19. The fraction of sp³-hybridized carbons (Fsp3) is 0.0769. The molecule has 0 saturated heterocycles. The summed E-state index contributed by atoms with van der Waals surface area (Å²) >= 11 is 1.45. The van der Waals surface area contributed by atoms with E-state index in [-0.39, 0.29) is 5.56 Å². The Labute approximate surface area is 113 Å². The van der Waals surface area contributed by atoms with Crippen LogP contribution in [0.1, 0.15) is 21.6 Å². The lowest BCUT2D eigenvalue weighted by Gasteiger charge is -2.01. The van der Waals surface area contributed by atoms with Gasteiger partial charge in [-0.3, -0.25) is 4.98 Å². The van der Waals surface area contributed by atoms with Crippen molar-refractivity contribution in [2.24, 2.45) is 0 Å².